The third-order valence-corrected chi connectivity index (χ3v) is 3.83. The van der Waals surface area contributed by atoms with Crippen molar-refractivity contribution >= 4 is 23.9 Å². The highest BCUT2D eigenvalue weighted by molar-refractivity contribution is 6.20. The zero-order valence-corrected chi connectivity index (χ0v) is 16.1. The van der Waals surface area contributed by atoms with Crippen LogP contribution in [0, 0.1) is 0 Å². The molecular formula is C19H24N2O7. The minimum atomic E-state index is -1.36. The Kier molecular flexibility index (Phi) is 6.74. The van der Waals surface area contributed by atoms with Gasteiger partial charge in [0.25, 0.3) is 11.8 Å². The average molecular weight is 392 g/mol. The van der Waals surface area contributed by atoms with Crippen molar-refractivity contribution in [1.29, 1.82) is 0 Å². The molecule has 1 atom stereocenters. The second kappa shape index (κ2) is 8.83. The van der Waals surface area contributed by atoms with Gasteiger partial charge in [0.05, 0.1) is 11.1 Å². The van der Waals surface area contributed by atoms with Crippen LogP contribution >= 0.6 is 0 Å². The van der Waals surface area contributed by atoms with Gasteiger partial charge < -0.3 is 15.2 Å². The lowest BCUT2D eigenvalue weighted by molar-refractivity contribution is -0.175. The van der Waals surface area contributed by atoms with Crippen LogP contribution in [0.3, 0.4) is 0 Å². The Hall–Kier alpha value is -2.94. The summed E-state index contributed by atoms with van der Waals surface area (Å²) in [5, 5.41) is 12.4. The lowest BCUT2D eigenvalue weighted by atomic mass is 10.1. The molecule has 28 heavy (non-hydrogen) atoms. The monoisotopic (exact) mass is 392 g/mol. The lowest BCUT2D eigenvalue weighted by Gasteiger charge is -2.20. The molecule has 0 saturated carbocycles. The standard InChI is InChI=1S/C19H24N2O7/c1-19(2,3)27-18(26)20-11-7-6-10-14(17(24)25)28-21-15(22)12-8-4-5-9-13(12)16(21)23/h4-5,8-9,14H,6-7,10-11H2,1-3H3,(H,20,26)(H,24,25)/t14-/m0/s1. The fraction of sp³-hybridized carbons (Fsp3) is 0.474. The Bertz CT molecular complexity index is 735. The molecule has 0 radical (unpaired) electrons. The van der Waals surface area contributed by atoms with Crippen molar-refractivity contribution in [2.24, 2.45) is 0 Å². The van der Waals surface area contributed by atoms with Gasteiger partial charge in [-0.15, -0.1) is 5.06 Å². The molecule has 3 amide bonds. The van der Waals surface area contributed by atoms with Crippen molar-refractivity contribution in [3.8, 4) is 0 Å². The number of hydrogen-bond donors (Lipinski definition) is 2. The summed E-state index contributed by atoms with van der Waals surface area (Å²) in [6, 6.07) is 6.19. The maximum atomic E-state index is 12.3. The van der Waals surface area contributed by atoms with E-state index in [1.54, 1.807) is 32.9 Å². The SMILES string of the molecule is CC(C)(C)OC(=O)NCCCC[C@H](ON1C(=O)c2ccccc2C1=O)C(=O)O. The number of fused-ring (bicyclic) bond motifs is 1. The number of nitrogens with one attached hydrogen (secondary N) is 1. The summed E-state index contributed by atoms with van der Waals surface area (Å²) in [5.41, 5.74) is -0.241. The van der Waals surface area contributed by atoms with Crippen molar-refractivity contribution in [2.75, 3.05) is 6.54 Å². The molecule has 9 nitrogen and oxygen atoms in total. The molecule has 1 heterocycles. The molecule has 152 valence electrons. The number of nitrogens with zero attached hydrogens (tertiary/aromatic N) is 1. The number of aliphatic carboxylic acids is 1. The van der Waals surface area contributed by atoms with Gasteiger partial charge in [0, 0.05) is 6.54 Å². The summed E-state index contributed by atoms with van der Waals surface area (Å²) in [6.07, 6.45) is -0.961. The van der Waals surface area contributed by atoms with Crippen molar-refractivity contribution in [3.05, 3.63) is 35.4 Å². The van der Waals surface area contributed by atoms with E-state index in [4.69, 9.17) is 9.57 Å². The van der Waals surface area contributed by atoms with Gasteiger partial charge in [-0.3, -0.25) is 9.59 Å². The first-order valence-electron chi connectivity index (χ1n) is 8.94. The van der Waals surface area contributed by atoms with E-state index in [2.05, 4.69) is 5.32 Å². The number of carboxylic acids is 1. The molecule has 0 bridgehead atoms. The summed E-state index contributed by atoms with van der Waals surface area (Å²) in [5.74, 6) is -2.64. The summed E-state index contributed by atoms with van der Waals surface area (Å²) < 4.78 is 5.10. The molecule has 0 aliphatic carbocycles. The Morgan fingerprint density at radius 2 is 1.68 bits per heavy atom. The van der Waals surface area contributed by atoms with Gasteiger partial charge in [-0.25, -0.2) is 14.4 Å². The van der Waals surface area contributed by atoms with Gasteiger partial charge in [-0.2, -0.15) is 0 Å². The van der Waals surface area contributed by atoms with Crippen LogP contribution in [0.1, 0.15) is 60.7 Å². The third-order valence-electron chi connectivity index (χ3n) is 3.83. The Labute approximate surface area is 162 Å². The quantitative estimate of drug-likeness (QED) is 0.514. The second-order valence-corrected chi connectivity index (χ2v) is 7.31. The molecule has 1 aromatic rings. The van der Waals surface area contributed by atoms with E-state index in [0.29, 0.717) is 24.4 Å². The minimum Gasteiger partial charge on any atom is -0.479 e. The molecular weight excluding hydrogens is 368 g/mol. The third kappa shape index (κ3) is 5.53. The number of hydroxylamine groups is 2. The molecule has 0 aromatic heterocycles. The number of imide groups is 1. The normalized spacial score (nSPS) is 14.6. The van der Waals surface area contributed by atoms with Crippen molar-refractivity contribution in [1.82, 2.24) is 10.4 Å². The molecule has 0 spiro atoms. The number of ether oxygens (including phenoxy) is 1. The van der Waals surface area contributed by atoms with E-state index in [-0.39, 0.29) is 17.5 Å². The van der Waals surface area contributed by atoms with Crippen molar-refractivity contribution < 1.29 is 33.9 Å². The Morgan fingerprint density at radius 1 is 1.11 bits per heavy atom. The summed E-state index contributed by atoms with van der Waals surface area (Å²) in [7, 11) is 0. The lowest BCUT2D eigenvalue weighted by Crippen LogP contribution is -2.38. The molecule has 0 saturated heterocycles. The van der Waals surface area contributed by atoms with Crippen LogP contribution < -0.4 is 5.32 Å². The van der Waals surface area contributed by atoms with Gasteiger partial charge in [0.2, 0.25) is 0 Å². The molecule has 0 fully saturated rings. The van der Waals surface area contributed by atoms with E-state index in [0.717, 1.165) is 0 Å². The first-order chi connectivity index (χ1) is 13.1. The number of unbranched alkanes of at least 4 members (excludes halogenated alkanes) is 1. The highest BCUT2D eigenvalue weighted by Gasteiger charge is 2.39. The predicted octanol–water partition coefficient (Wildman–Crippen LogP) is 2.36. The van der Waals surface area contributed by atoms with Crippen molar-refractivity contribution in [2.45, 2.75) is 51.7 Å². The maximum absolute atomic E-state index is 12.3. The zero-order valence-electron chi connectivity index (χ0n) is 16.1. The van der Waals surface area contributed by atoms with E-state index < -0.39 is 35.6 Å². The van der Waals surface area contributed by atoms with E-state index >= 15 is 0 Å². The van der Waals surface area contributed by atoms with Gasteiger partial charge in [-0.1, -0.05) is 12.1 Å². The van der Waals surface area contributed by atoms with Crippen LogP contribution in [0.2, 0.25) is 0 Å². The van der Waals surface area contributed by atoms with Crippen LogP contribution in [-0.4, -0.2) is 52.3 Å². The molecule has 2 N–H and O–H groups in total. The van der Waals surface area contributed by atoms with Gasteiger partial charge in [0.1, 0.15) is 5.60 Å². The first kappa shape index (κ1) is 21.4. The van der Waals surface area contributed by atoms with E-state index in [1.807, 2.05) is 0 Å². The van der Waals surface area contributed by atoms with E-state index in [9.17, 15) is 24.3 Å². The number of hydrogen-bond acceptors (Lipinski definition) is 6. The molecule has 0 unspecified atom stereocenters. The molecule has 2 rings (SSSR count). The number of carboxylic acid groups (broad SMARTS) is 1. The molecule has 1 aromatic carbocycles. The highest BCUT2D eigenvalue weighted by Crippen LogP contribution is 2.24. The number of amides is 3. The second-order valence-electron chi connectivity index (χ2n) is 7.31. The van der Waals surface area contributed by atoms with Crippen LogP contribution in [-0.2, 0) is 14.4 Å². The molecule has 1 aliphatic heterocycles. The minimum absolute atomic E-state index is 0.0682. The fourth-order valence-electron chi connectivity index (χ4n) is 2.57. The maximum Gasteiger partial charge on any atom is 0.407 e. The Balaban J connectivity index is 1.82. The Morgan fingerprint density at radius 3 is 2.18 bits per heavy atom. The topological polar surface area (TPSA) is 122 Å². The fourth-order valence-corrected chi connectivity index (χ4v) is 2.57. The molecule has 1 aliphatic rings. The average Bonchev–Trinajstić information content (AvgIpc) is 2.83. The van der Waals surface area contributed by atoms with Gasteiger partial charge >= 0.3 is 12.1 Å². The summed E-state index contributed by atoms with van der Waals surface area (Å²) in [6.45, 7) is 5.55. The predicted molar refractivity (Wildman–Crippen MR) is 97.5 cm³/mol. The van der Waals surface area contributed by atoms with E-state index in [1.165, 1.54) is 12.1 Å². The zero-order chi connectivity index (χ0) is 20.9. The van der Waals surface area contributed by atoms with Crippen LogP contribution in [0.15, 0.2) is 24.3 Å². The van der Waals surface area contributed by atoms with Crippen LogP contribution in [0.4, 0.5) is 4.79 Å². The summed E-state index contributed by atoms with van der Waals surface area (Å²) >= 11 is 0. The number of benzene rings is 1. The largest absolute Gasteiger partial charge is 0.479 e. The highest BCUT2D eigenvalue weighted by atomic mass is 16.7. The van der Waals surface area contributed by atoms with Crippen LogP contribution in [0.25, 0.3) is 0 Å². The van der Waals surface area contributed by atoms with Crippen LogP contribution in [0.5, 0.6) is 0 Å². The van der Waals surface area contributed by atoms with Gasteiger partial charge in [0.15, 0.2) is 6.10 Å². The molecule has 9 heteroatoms. The smallest absolute Gasteiger partial charge is 0.407 e. The number of carbonyl (C=O) groups is 4. The summed E-state index contributed by atoms with van der Waals surface area (Å²) in [4.78, 5) is 52.7. The number of alkyl carbamates (subject to hydrolysis) is 1. The first-order valence-corrected chi connectivity index (χ1v) is 8.94. The number of rotatable bonds is 8. The number of carbonyl (C=O) groups excluding carboxylic acids is 3. The van der Waals surface area contributed by atoms with Crippen molar-refractivity contribution in [3.63, 3.8) is 0 Å². The van der Waals surface area contributed by atoms with Gasteiger partial charge in [-0.05, 0) is 52.2 Å².